The molecule has 0 radical (unpaired) electrons. The van der Waals surface area contributed by atoms with Crippen molar-refractivity contribution < 1.29 is 4.74 Å². The molecular weight excluding hydrogens is 318 g/mol. The maximum Gasteiger partial charge on any atom is 0.161 e. The summed E-state index contributed by atoms with van der Waals surface area (Å²) in [5.41, 5.74) is 2.77. The van der Waals surface area contributed by atoms with Crippen molar-refractivity contribution in [2.45, 2.75) is 13.8 Å². The summed E-state index contributed by atoms with van der Waals surface area (Å²) in [6, 6.07) is 7.83. The molecule has 102 valence electrons. The highest BCUT2D eigenvalue weighted by Gasteiger charge is 2.10. The van der Waals surface area contributed by atoms with Crippen LogP contribution in [-0.4, -0.2) is 21.6 Å². The Labute approximate surface area is 125 Å². The van der Waals surface area contributed by atoms with E-state index in [1.807, 2.05) is 44.3 Å². The van der Waals surface area contributed by atoms with Gasteiger partial charge in [-0.15, -0.1) is 0 Å². The van der Waals surface area contributed by atoms with Crippen molar-refractivity contribution in [3.05, 3.63) is 40.6 Å². The summed E-state index contributed by atoms with van der Waals surface area (Å²) < 4.78 is 6.43. The number of H-pyrrole nitrogens is 1. The molecule has 4 nitrogen and oxygen atoms in total. The minimum Gasteiger partial charge on any atom is -0.494 e. The third kappa shape index (κ3) is 2.29. The molecule has 0 aliphatic heterocycles. The van der Waals surface area contributed by atoms with E-state index in [-0.39, 0.29) is 0 Å². The topological polar surface area (TPSA) is 50.8 Å². The van der Waals surface area contributed by atoms with E-state index in [2.05, 4.69) is 30.9 Å². The number of nitrogens with one attached hydrogen (secondary N) is 1. The number of aromatic amines is 1. The van der Waals surface area contributed by atoms with Gasteiger partial charge in [0.25, 0.3) is 0 Å². The average molecular weight is 332 g/mol. The molecule has 1 aromatic carbocycles. The Morgan fingerprint density at radius 2 is 1.95 bits per heavy atom. The van der Waals surface area contributed by atoms with Crippen molar-refractivity contribution in [3.63, 3.8) is 0 Å². The molecule has 3 aromatic rings. The second kappa shape index (κ2) is 5.25. The van der Waals surface area contributed by atoms with Crippen molar-refractivity contribution in [1.29, 1.82) is 0 Å². The van der Waals surface area contributed by atoms with Crippen molar-refractivity contribution in [2.75, 3.05) is 6.61 Å². The Morgan fingerprint density at radius 3 is 2.65 bits per heavy atom. The van der Waals surface area contributed by atoms with Crippen molar-refractivity contribution in [3.8, 4) is 17.1 Å². The maximum absolute atomic E-state index is 5.44. The lowest BCUT2D eigenvalue weighted by Gasteiger charge is -2.05. The highest BCUT2D eigenvalue weighted by atomic mass is 79.9. The van der Waals surface area contributed by atoms with Crippen LogP contribution in [0.3, 0.4) is 0 Å². The Hall–Kier alpha value is -1.88. The van der Waals surface area contributed by atoms with Crippen LogP contribution in [0.5, 0.6) is 5.75 Å². The summed E-state index contributed by atoms with van der Waals surface area (Å²) in [5.74, 6) is 1.57. The lowest BCUT2D eigenvalue weighted by molar-refractivity contribution is 0.340. The largest absolute Gasteiger partial charge is 0.494 e. The number of aryl methyl sites for hydroxylation is 1. The fourth-order valence-electron chi connectivity index (χ4n) is 2.16. The zero-order valence-corrected chi connectivity index (χ0v) is 12.9. The van der Waals surface area contributed by atoms with Crippen LogP contribution in [0, 0.1) is 6.92 Å². The molecule has 0 fully saturated rings. The first-order chi connectivity index (χ1) is 9.69. The van der Waals surface area contributed by atoms with Gasteiger partial charge in [-0.2, -0.15) is 0 Å². The predicted octanol–water partition coefficient (Wildman–Crippen LogP) is 4.09. The number of hydrogen-bond donors (Lipinski definition) is 1. The second-order valence-corrected chi connectivity index (χ2v) is 5.30. The number of rotatable bonds is 3. The van der Waals surface area contributed by atoms with Gasteiger partial charge in [-0.25, -0.2) is 9.97 Å². The minimum absolute atomic E-state index is 0.664. The average Bonchev–Trinajstić information content (AvgIpc) is 2.82. The molecular formula is C15H14BrN3O. The Morgan fingerprint density at radius 1 is 1.20 bits per heavy atom. The molecule has 0 unspecified atom stereocenters. The standard InChI is InChI=1S/C15H14BrN3O/c1-3-20-11-6-4-10(5-7-11)14-18-9(2)13-12(16)8-17-15(13)19-14/h4-8H,3H2,1-2H3,(H,17,18,19). The van der Waals surface area contributed by atoms with Gasteiger partial charge in [0.05, 0.1) is 17.7 Å². The van der Waals surface area contributed by atoms with E-state index in [4.69, 9.17) is 4.74 Å². The number of ether oxygens (including phenoxy) is 1. The minimum atomic E-state index is 0.664. The molecule has 0 atom stereocenters. The summed E-state index contributed by atoms with van der Waals surface area (Å²) in [6.45, 7) is 4.62. The number of aromatic nitrogens is 3. The smallest absolute Gasteiger partial charge is 0.161 e. The molecule has 2 heterocycles. The normalized spacial score (nSPS) is 10.9. The summed E-state index contributed by atoms with van der Waals surface area (Å²) in [4.78, 5) is 12.3. The maximum atomic E-state index is 5.44. The molecule has 0 saturated carbocycles. The molecule has 5 heteroatoms. The predicted molar refractivity (Wildman–Crippen MR) is 82.9 cm³/mol. The SMILES string of the molecule is CCOc1ccc(-c2nc(C)c3c(Br)c[nH]c3n2)cc1. The van der Waals surface area contributed by atoms with Crippen LogP contribution in [0.15, 0.2) is 34.9 Å². The lowest BCUT2D eigenvalue weighted by Crippen LogP contribution is -1.94. The number of halogens is 1. The van der Waals surface area contributed by atoms with Crippen LogP contribution < -0.4 is 4.74 Å². The van der Waals surface area contributed by atoms with Gasteiger partial charge in [-0.05, 0) is 54.0 Å². The van der Waals surface area contributed by atoms with Crippen molar-refractivity contribution in [2.24, 2.45) is 0 Å². The summed E-state index contributed by atoms with van der Waals surface area (Å²) >= 11 is 3.50. The molecule has 0 aliphatic carbocycles. The van der Waals surface area contributed by atoms with Crippen LogP contribution in [-0.2, 0) is 0 Å². The van der Waals surface area contributed by atoms with Gasteiger partial charge in [0.2, 0.25) is 0 Å². The van der Waals surface area contributed by atoms with Crippen molar-refractivity contribution in [1.82, 2.24) is 15.0 Å². The number of hydrogen-bond acceptors (Lipinski definition) is 3. The lowest BCUT2D eigenvalue weighted by atomic mass is 10.2. The van der Waals surface area contributed by atoms with Gasteiger partial charge in [0.15, 0.2) is 5.82 Å². The Balaban J connectivity index is 2.05. The first-order valence-electron chi connectivity index (χ1n) is 6.43. The number of fused-ring (bicyclic) bond motifs is 1. The first kappa shape index (κ1) is 13.1. The van der Waals surface area contributed by atoms with Gasteiger partial charge in [-0.1, -0.05) is 0 Å². The summed E-state index contributed by atoms with van der Waals surface area (Å²) in [6.07, 6.45) is 1.88. The molecule has 2 aromatic heterocycles. The molecule has 3 rings (SSSR count). The van der Waals surface area contributed by atoms with E-state index in [0.717, 1.165) is 32.5 Å². The zero-order chi connectivity index (χ0) is 14.1. The third-order valence-corrected chi connectivity index (χ3v) is 3.71. The first-order valence-corrected chi connectivity index (χ1v) is 7.23. The van der Waals surface area contributed by atoms with Crippen LogP contribution in [0.1, 0.15) is 12.6 Å². The number of nitrogens with zero attached hydrogens (tertiary/aromatic N) is 2. The molecule has 0 amide bonds. The monoisotopic (exact) mass is 331 g/mol. The second-order valence-electron chi connectivity index (χ2n) is 4.45. The quantitative estimate of drug-likeness (QED) is 0.786. The number of benzene rings is 1. The Bertz CT molecular complexity index is 750. The van der Waals surface area contributed by atoms with E-state index in [9.17, 15) is 0 Å². The van der Waals surface area contributed by atoms with E-state index in [0.29, 0.717) is 12.4 Å². The van der Waals surface area contributed by atoms with E-state index >= 15 is 0 Å². The van der Waals surface area contributed by atoms with Gasteiger partial charge in [0.1, 0.15) is 11.4 Å². The van der Waals surface area contributed by atoms with Gasteiger partial charge in [-0.3, -0.25) is 0 Å². The fourth-order valence-corrected chi connectivity index (χ4v) is 2.75. The van der Waals surface area contributed by atoms with Crippen LogP contribution in [0.4, 0.5) is 0 Å². The summed E-state index contributed by atoms with van der Waals surface area (Å²) in [7, 11) is 0. The third-order valence-electron chi connectivity index (χ3n) is 3.09. The van der Waals surface area contributed by atoms with Crippen molar-refractivity contribution >= 4 is 27.0 Å². The van der Waals surface area contributed by atoms with E-state index in [1.165, 1.54) is 0 Å². The van der Waals surface area contributed by atoms with Gasteiger partial charge >= 0.3 is 0 Å². The molecule has 0 saturated heterocycles. The molecule has 0 aliphatic rings. The Kier molecular flexibility index (Phi) is 3.44. The van der Waals surface area contributed by atoms with E-state index in [1.54, 1.807) is 0 Å². The van der Waals surface area contributed by atoms with Crippen LogP contribution in [0.2, 0.25) is 0 Å². The van der Waals surface area contributed by atoms with E-state index < -0.39 is 0 Å². The summed E-state index contributed by atoms with van der Waals surface area (Å²) in [5, 5.41) is 1.03. The van der Waals surface area contributed by atoms with Gasteiger partial charge in [0, 0.05) is 16.2 Å². The van der Waals surface area contributed by atoms with Gasteiger partial charge < -0.3 is 9.72 Å². The zero-order valence-electron chi connectivity index (χ0n) is 11.3. The van der Waals surface area contributed by atoms with Crippen LogP contribution in [0.25, 0.3) is 22.4 Å². The molecule has 20 heavy (non-hydrogen) atoms. The highest BCUT2D eigenvalue weighted by molar-refractivity contribution is 9.10. The fraction of sp³-hybridized carbons (Fsp3) is 0.200. The molecule has 1 N–H and O–H groups in total. The molecule has 0 spiro atoms. The highest BCUT2D eigenvalue weighted by Crippen LogP contribution is 2.27. The molecule has 0 bridgehead atoms. The van der Waals surface area contributed by atoms with Crippen LogP contribution >= 0.6 is 15.9 Å².